The summed E-state index contributed by atoms with van der Waals surface area (Å²) in [6.45, 7) is 3.65. The Kier molecular flexibility index (Phi) is 5.01. The van der Waals surface area contributed by atoms with Crippen molar-refractivity contribution in [3.8, 4) is 0 Å². The summed E-state index contributed by atoms with van der Waals surface area (Å²) in [6.07, 6.45) is 1.42. The summed E-state index contributed by atoms with van der Waals surface area (Å²) in [7, 11) is -3.87. The zero-order valence-electron chi connectivity index (χ0n) is 11.3. The van der Waals surface area contributed by atoms with Gasteiger partial charge in [0.2, 0.25) is 10.0 Å². The van der Waals surface area contributed by atoms with Gasteiger partial charge in [-0.1, -0.05) is 18.5 Å². The topological polar surface area (TPSA) is 49.4 Å². The van der Waals surface area contributed by atoms with E-state index in [0.717, 1.165) is 19.0 Å². The van der Waals surface area contributed by atoms with Gasteiger partial charge in [0.1, 0.15) is 10.7 Å². The van der Waals surface area contributed by atoms with Gasteiger partial charge in [0.05, 0.1) is 0 Å². The summed E-state index contributed by atoms with van der Waals surface area (Å²) in [4.78, 5) is -0.342. The quantitative estimate of drug-likeness (QED) is 0.905. The maximum absolute atomic E-state index is 13.9. The molecule has 0 spiro atoms. The Morgan fingerprint density at radius 1 is 1.50 bits per heavy atom. The van der Waals surface area contributed by atoms with E-state index >= 15 is 0 Å². The van der Waals surface area contributed by atoms with E-state index in [4.69, 9.17) is 11.6 Å². The van der Waals surface area contributed by atoms with Gasteiger partial charge in [0.25, 0.3) is 0 Å². The highest BCUT2D eigenvalue weighted by Gasteiger charge is 2.34. The van der Waals surface area contributed by atoms with Gasteiger partial charge in [0.15, 0.2) is 0 Å². The highest BCUT2D eigenvalue weighted by molar-refractivity contribution is 7.89. The minimum atomic E-state index is -3.87. The van der Waals surface area contributed by atoms with Crippen molar-refractivity contribution in [3.63, 3.8) is 0 Å². The number of halogens is 2. The lowest BCUT2D eigenvalue weighted by atomic mass is 10.2. The number of sulfonamides is 1. The van der Waals surface area contributed by atoms with Crippen LogP contribution in [0.25, 0.3) is 0 Å². The predicted molar refractivity (Wildman–Crippen MR) is 76.9 cm³/mol. The largest absolute Gasteiger partial charge is 0.315 e. The van der Waals surface area contributed by atoms with Crippen LogP contribution in [-0.4, -0.2) is 38.4 Å². The van der Waals surface area contributed by atoms with E-state index in [2.05, 4.69) is 5.32 Å². The normalized spacial score (nSPS) is 19.7. The molecule has 1 saturated heterocycles. The fourth-order valence-electron chi connectivity index (χ4n) is 2.41. The van der Waals surface area contributed by atoms with Crippen molar-refractivity contribution >= 4 is 21.6 Å². The Hall–Kier alpha value is -0.690. The zero-order chi connectivity index (χ0) is 14.8. The maximum Gasteiger partial charge on any atom is 0.246 e. The molecule has 112 valence electrons. The maximum atomic E-state index is 13.9. The summed E-state index contributed by atoms with van der Waals surface area (Å²) in [5.41, 5.74) is 0. The standard InChI is InChI=1S/C13H18ClFN2O2S/c1-2-7-17(11-5-6-16-9-11)20(18,19)13-8-10(14)3-4-12(13)15/h3-4,8,11,16H,2,5-7,9H2,1H3. The van der Waals surface area contributed by atoms with E-state index in [1.54, 1.807) is 0 Å². The molecule has 1 atom stereocenters. The third kappa shape index (κ3) is 3.14. The van der Waals surface area contributed by atoms with E-state index < -0.39 is 15.8 Å². The molecule has 1 aromatic carbocycles. The van der Waals surface area contributed by atoms with E-state index in [1.807, 2.05) is 6.92 Å². The monoisotopic (exact) mass is 320 g/mol. The van der Waals surface area contributed by atoms with Gasteiger partial charge in [-0.2, -0.15) is 4.31 Å². The smallest absolute Gasteiger partial charge is 0.246 e. The third-order valence-corrected chi connectivity index (χ3v) is 5.57. The lowest BCUT2D eigenvalue weighted by Gasteiger charge is -2.27. The second-order valence-electron chi connectivity index (χ2n) is 4.84. The molecule has 1 aliphatic heterocycles. The summed E-state index contributed by atoms with van der Waals surface area (Å²) < 4.78 is 40.6. The summed E-state index contributed by atoms with van der Waals surface area (Å²) in [5.74, 6) is -0.763. The van der Waals surface area contributed by atoms with Crippen molar-refractivity contribution in [3.05, 3.63) is 29.0 Å². The van der Waals surface area contributed by atoms with Gasteiger partial charge >= 0.3 is 0 Å². The van der Waals surface area contributed by atoms with Gasteiger partial charge in [-0.25, -0.2) is 12.8 Å². The SMILES string of the molecule is CCCN(C1CCNC1)S(=O)(=O)c1cc(Cl)ccc1F. The van der Waals surface area contributed by atoms with Gasteiger partial charge in [-0.05, 0) is 37.6 Å². The second-order valence-corrected chi connectivity index (χ2v) is 7.13. The molecular formula is C13H18ClFN2O2S. The lowest BCUT2D eigenvalue weighted by Crippen LogP contribution is -2.42. The molecule has 2 rings (SSSR count). The summed E-state index contributed by atoms with van der Waals surface area (Å²) >= 11 is 5.80. The molecule has 1 aliphatic rings. The van der Waals surface area contributed by atoms with Gasteiger partial charge < -0.3 is 5.32 Å². The molecule has 1 fully saturated rings. The van der Waals surface area contributed by atoms with Crippen LogP contribution in [0.2, 0.25) is 5.02 Å². The molecule has 1 heterocycles. The second kappa shape index (κ2) is 6.39. The molecular weight excluding hydrogens is 303 g/mol. The molecule has 0 radical (unpaired) electrons. The number of nitrogens with one attached hydrogen (secondary N) is 1. The predicted octanol–water partition coefficient (Wildman–Crippen LogP) is 2.24. The molecule has 1 N–H and O–H groups in total. The highest BCUT2D eigenvalue weighted by atomic mass is 35.5. The van der Waals surface area contributed by atoms with Crippen molar-refractivity contribution in [2.75, 3.05) is 19.6 Å². The van der Waals surface area contributed by atoms with E-state index in [1.165, 1.54) is 16.4 Å². The molecule has 4 nitrogen and oxygen atoms in total. The van der Waals surface area contributed by atoms with Crippen LogP contribution in [0.4, 0.5) is 4.39 Å². The van der Waals surface area contributed by atoms with Crippen LogP contribution in [-0.2, 0) is 10.0 Å². The van der Waals surface area contributed by atoms with Crippen LogP contribution in [0, 0.1) is 5.82 Å². The number of rotatable bonds is 5. The number of hydrogen-bond acceptors (Lipinski definition) is 3. The highest BCUT2D eigenvalue weighted by Crippen LogP contribution is 2.26. The first kappa shape index (κ1) is 15.7. The van der Waals surface area contributed by atoms with Gasteiger partial charge in [-0.3, -0.25) is 0 Å². The third-order valence-electron chi connectivity index (χ3n) is 3.37. The molecule has 7 heteroatoms. The molecule has 1 aromatic rings. The number of nitrogens with zero attached hydrogens (tertiary/aromatic N) is 1. The van der Waals surface area contributed by atoms with Gasteiger partial charge in [0, 0.05) is 24.2 Å². The fourth-order valence-corrected chi connectivity index (χ4v) is 4.48. The molecule has 0 amide bonds. The van der Waals surface area contributed by atoms with E-state index in [-0.39, 0.29) is 16.0 Å². The van der Waals surface area contributed by atoms with E-state index in [0.29, 0.717) is 19.5 Å². The van der Waals surface area contributed by atoms with Crippen molar-refractivity contribution in [2.45, 2.75) is 30.7 Å². The Bertz CT molecular complexity index is 574. The average Bonchev–Trinajstić information content (AvgIpc) is 2.92. The minimum absolute atomic E-state index is 0.127. The molecule has 0 saturated carbocycles. The first-order chi connectivity index (χ1) is 9.46. The number of benzene rings is 1. The van der Waals surface area contributed by atoms with Crippen LogP contribution in [0.1, 0.15) is 19.8 Å². The van der Waals surface area contributed by atoms with Crippen molar-refractivity contribution in [1.29, 1.82) is 0 Å². The Morgan fingerprint density at radius 3 is 2.85 bits per heavy atom. The van der Waals surface area contributed by atoms with Crippen LogP contribution in [0.3, 0.4) is 0 Å². The van der Waals surface area contributed by atoms with Crippen molar-refractivity contribution < 1.29 is 12.8 Å². The van der Waals surface area contributed by atoms with Crippen LogP contribution in [0.15, 0.2) is 23.1 Å². The Balaban J connectivity index is 2.41. The number of hydrogen-bond donors (Lipinski definition) is 1. The molecule has 0 bridgehead atoms. The molecule has 0 aliphatic carbocycles. The minimum Gasteiger partial charge on any atom is -0.315 e. The Labute approximate surface area is 124 Å². The molecule has 1 unspecified atom stereocenters. The average molecular weight is 321 g/mol. The van der Waals surface area contributed by atoms with E-state index in [9.17, 15) is 12.8 Å². The molecule has 0 aromatic heterocycles. The zero-order valence-corrected chi connectivity index (χ0v) is 12.8. The molecule has 20 heavy (non-hydrogen) atoms. The first-order valence-electron chi connectivity index (χ1n) is 6.64. The summed E-state index contributed by atoms with van der Waals surface area (Å²) in [6, 6.07) is 3.49. The van der Waals surface area contributed by atoms with Crippen LogP contribution < -0.4 is 5.32 Å². The lowest BCUT2D eigenvalue weighted by molar-refractivity contribution is 0.333. The van der Waals surface area contributed by atoms with Crippen LogP contribution in [0.5, 0.6) is 0 Å². The Morgan fingerprint density at radius 2 is 2.25 bits per heavy atom. The van der Waals surface area contributed by atoms with Crippen molar-refractivity contribution in [1.82, 2.24) is 9.62 Å². The van der Waals surface area contributed by atoms with Crippen LogP contribution >= 0.6 is 11.6 Å². The summed E-state index contributed by atoms with van der Waals surface area (Å²) in [5, 5.41) is 3.35. The fraction of sp³-hybridized carbons (Fsp3) is 0.538. The van der Waals surface area contributed by atoms with Gasteiger partial charge in [-0.15, -0.1) is 0 Å². The first-order valence-corrected chi connectivity index (χ1v) is 8.46. The van der Waals surface area contributed by atoms with Crippen molar-refractivity contribution in [2.24, 2.45) is 0 Å².